The Morgan fingerprint density at radius 2 is 1.90 bits per heavy atom. The number of aromatic nitrogens is 3. The molecular weight excluding hydrogens is 382 g/mol. The third-order valence-corrected chi connectivity index (χ3v) is 5.81. The summed E-state index contributed by atoms with van der Waals surface area (Å²) >= 11 is 1.39. The molecule has 0 aliphatic carbocycles. The molecule has 29 heavy (non-hydrogen) atoms. The number of rotatable bonds is 5. The van der Waals surface area contributed by atoms with Gasteiger partial charge in [-0.15, -0.1) is 0 Å². The zero-order chi connectivity index (χ0) is 20.4. The lowest BCUT2D eigenvalue weighted by atomic mass is 10.1. The summed E-state index contributed by atoms with van der Waals surface area (Å²) in [5.41, 5.74) is 5.12. The average Bonchev–Trinajstić information content (AvgIpc) is 3.14. The molecule has 4 rings (SSSR count). The fourth-order valence-corrected chi connectivity index (χ4v) is 4.27. The predicted octanol–water partition coefficient (Wildman–Crippen LogP) is 5.05. The molecular formula is C23H21N3O2S. The molecule has 0 aliphatic rings. The molecule has 0 saturated carbocycles. The monoisotopic (exact) mass is 403 g/mol. The Bertz CT molecular complexity index is 1170. The first-order valence-corrected chi connectivity index (χ1v) is 10.2. The molecule has 1 atom stereocenters. The van der Waals surface area contributed by atoms with Gasteiger partial charge in [0.05, 0.1) is 12.5 Å². The number of hydrogen-bond acceptors (Lipinski definition) is 5. The van der Waals surface area contributed by atoms with Crippen molar-refractivity contribution in [3.63, 3.8) is 0 Å². The van der Waals surface area contributed by atoms with E-state index in [-0.39, 0.29) is 11.2 Å². The Morgan fingerprint density at radius 3 is 2.62 bits per heavy atom. The van der Waals surface area contributed by atoms with Gasteiger partial charge in [-0.05, 0) is 37.1 Å². The lowest BCUT2D eigenvalue weighted by Gasteiger charge is -2.10. The van der Waals surface area contributed by atoms with Crippen molar-refractivity contribution >= 4 is 28.8 Å². The van der Waals surface area contributed by atoms with Crippen LogP contribution in [0.3, 0.4) is 0 Å². The molecule has 0 radical (unpaired) electrons. The molecule has 0 aliphatic heterocycles. The summed E-state index contributed by atoms with van der Waals surface area (Å²) in [6.45, 7) is 3.89. The average molecular weight is 404 g/mol. The number of benzene rings is 2. The Kier molecular flexibility index (Phi) is 5.36. The smallest absolute Gasteiger partial charge is 0.318 e. The molecule has 4 aromatic rings. The minimum atomic E-state index is -0.371. The van der Waals surface area contributed by atoms with E-state index in [4.69, 9.17) is 4.74 Å². The van der Waals surface area contributed by atoms with Crippen LogP contribution in [0.5, 0.6) is 0 Å². The summed E-state index contributed by atoms with van der Waals surface area (Å²) in [6.07, 6.45) is 3.64. The minimum absolute atomic E-state index is 0.277. The number of ether oxygens (including phenoxy) is 1. The number of fused-ring (bicyclic) bond motifs is 1. The highest BCUT2D eigenvalue weighted by Crippen LogP contribution is 2.38. The fourth-order valence-electron chi connectivity index (χ4n) is 3.32. The van der Waals surface area contributed by atoms with Crippen LogP contribution < -0.4 is 0 Å². The van der Waals surface area contributed by atoms with Gasteiger partial charge in [-0.2, -0.15) is 0 Å². The van der Waals surface area contributed by atoms with Gasteiger partial charge in [0.1, 0.15) is 22.3 Å². The molecule has 0 N–H and O–H groups in total. The van der Waals surface area contributed by atoms with E-state index in [2.05, 4.69) is 58.0 Å². The van der Waals surface area contributed by atoms with Crippen LogP contribution in [0.4, 0.5) is 0 Å². The lowest BCUT2D eigenvalue weighted by molar-refractivity contribution is -0.139. The van der Waals surface area contributed by atoms with Crippen molar-refractivity contribution in [3.8, 4) is 16.8 Å². The van der Waals surface area contributed by atoms with Gasteiger partial charge in [-0.3, -0.25) is 4.79 Å². The second-order valence-corrected chi connectivity index (χ2v) is 8.11. The van der Waals surface area contributed by atoms with E-state index in [0.717, 1.165) is 32.9 Å². The van der Waals surface area contributed by atoms with E-state index in [1.807, 2.05) is 31.2 Å². The number of esters is 1. The second kappa shape index (κ2) is 8.09. The molecule has 0 saturated heterocycles. The maximum absolute atomic E-state index is 12.0. The van der Waals surface area contributed by atoms with Crippen molar-refractivity contribution in [1.82, 2.24) is 14.5 Å². The summed E-state index contributed by atoms with van der Waals surface area (Å²) in [4.78, 5) is 21.1. The molecule has 6 heteroatoms. The molecule has 2 aromatic carbocycles. The second-order valence-electron chi connectivity index (χ2n) is 6.78. The van der Waals surface area contributed by atoms with E-state index >= 15 is 0 Å². The highest BCUT2D eigenvalue weighted by atomic mass is 32.2. The van der Waals surface area contributed by atoms with Crippen molar-refractivity contribution < 1.29 is 9.53 Å². The van der Waals surface area contributed by atoms with E-state index in [9.17, 15) is 4.79 Å². The van der Waals surface area contributed by atoms with Gasteiger partial charge in [-0.1, -0.05) is 54.2 Å². The van der Waals surface area contributed by atoms with Gasteiger partial charge in [-0.25, -0.2) is 9.97 Å². The molecule has 0 amide bonds. The first-order chi connectivity index (χ1) is 14.1. The van der Waals surface area contributed by atoms with Crippen molar-refractivity contribution in [1.29, 1.82) is 0 Å². The number of thioether (sulfide) groups is 1. The molecule has 2 aromatic heterocycles. The topological polar surface area (TPSA) is 57.0 Å². The van der Waals surface area contributed by atoms with Gasteiger partial charge < -0.3 is 9.30 Å². The summed E-state index contributed by atoms with van der Waals surface area (Å²) in [5, 5.41) is 1.32. The number of carbonyl (C=O) groups is 1. The van der Waals surface area contributed by atoms with Crippen LogP contribution in [0.25, 0.3) is 27.8 Å². The van der Waals surface area contributed by atoms with E-state index < -0.39 is 0 Å². The van der Waals surface area contributed by atoms with E-state index in [1.165, 1.54) is 24.4 Å². The highest BCUT2D eigenvalue weighted by molar-refractivity contribution is 8.00. The maximum atomic E-state index is 12.0. The zero-order valence-corrected chi connectivity index (χ0v) is 17.3. The van der Waals surface area contributed by atoms with Crippen LogP contribution in [-0.2, 0) is 9.53 Å². The first kappa shape index (κ1) is 19.2. The van der Waals surface area contributed by atoms with Gasteiger partial charge in [0.15, 0.2) is 0 Å². The summed E-state index contributed by atoms with van der Waals surface area (Å²) in [6, 6.07) is 18.5. The third kappa shape index (κ3) is 3.76. The van der Waals surface area contributed by atoms with E-state index in [1.54, 1.807) is 6.33 Å². The van der Waals surface area contributed by atoms with Crippen molar-refractivity contribution in [2.24, 2.45) is 0 Å². The lowest BCUT2D eigenvalue weighted by Crippen LogP contribution is -2.14. The highest BCUT2D eigenvalue weighted by Gasteiger charge is 2.22. The van der Waals surface area contributed by atoms with Gasteiger partial charge in [0.2, 0.25) is 0 Å². The van der Waals surface area contributed by atoms with Crippen molar-refractivity contribution in [2.45, 2.75) is 24.1 Å². The van der Waals surface area contributed by atoms with Gasteiger partial charge in [0.25, 0.3) is 0 Å². The number of hydrogen-bond donors (Lipinski definition) is 0. The molecule has 2 heterocycles. The van der Waals surface area contributed by atoms with Crippen LogP contribution >= 0.6 is 11.8 Å². The minimum Gasteiger partial charge on any atom is -0.468 e. The number of methoxy groups -OCH3 is 1. The quantitative estimate of drug-likeness (QED) is 0.265. The Hall–Kier alpha value is -3.12. The molecule has 0 unspecified atom stereocenters. The fraction of sp³-hybridized carbons (Fsp3) is 0.174. The zero-order valence-electron chi connectivity index (χ0n) is 16.5. The molecule has 0 fully saturated rings. The molecule has 5 nitrogen and oxygen atoms in total. The third-order valence-electron chi connectivity index (χ3n) is 4.73. The number of aryl methyl sites for hydroxylation is 1. The molecule has 0 bridgehead atoms. The van der Waals surface area contributed by atoms with Crippen molar-refractivity contribution in [3.05, 3.63) is 72.7 Å². The summed E-state index contributed by atoms with van der Waals surface area (Å²) < 4.78 is 6.97. The number of nitrogens with zero attached hydrogens (tertiary/aromatic N) is 3. The first-order valence-electron chi connectivity index (χ1n) is 9.31. The van der Waals surface area contributed by atoms with Crippen LogP contribution in [-0.4, -0.2) is 32.9 Å². The van der Waals surface area contributed by atoms with E-state index in [0.29, 0.717) is 0 Å². The molecule has 146 valence electrons. The van der Waals surface area contributed by atoms with Crippen molar-refractivity contribution in [2.75, 3.05) is 7.11 Å². The van der Waals surface area contributed by atoms with Crippen LogP contribution in [0, 0.1) is 6.92 Å². The summed E-state index contributed by atoms with van der Waals surface area (Å²) in [5.74, 6) is -0.277. The van der Waals surface area contributed by atoms with Crippen LogP contribution in [0.2, 0.25) is 0 Å². The largest absolute Gasteiger partial charge is 0.468 e. The Morgan fingerprint density at radius 1 is 1.10 bits per heavy atom. The van der Waals surface area contributed by atoms with Crippen LogP contribution in [0.1, 0.15) is 12.5 Å². The number of carbonyl (C=O) groups excluding carboxylic acids is 1. The van der Waals surface area contributed by atoms with Crippen LogP contribution in [0.15, 0.2) is 72.1 Å². The summed E-state index contributed by atoms with van der Waals surface area (Å²) in [7, 11) is 1.40. The maximum Gasteiger partial charge on any atom is 0.318 e. The molecule has 0 spiro atoms. The Balaban J connectivity index is 1.95. The SMILES string of the molecule is COC(=O)[C@@H](C)Sc1ncnc2c1c(-c1ccccc1)cn2-c1cccc(C)c1. The standard InChI is InChI=1S/C23H21N3O2S/c1-15-8-7-11-18(12-15)26-13-19(17-9-5-4-6-10-17)20-21(26)24-14-25-22(20)29-16(2)23(27)28-3/h4-14,16H,1-3H3/t16-/m1/s1. The van der Waals surface area contributed by atoms with Gasteiger partial charge in [0, 0.05) is 17.4 Å². The normalized spacial score (nSPS) is 12.1. The Labute approximate surface area is 173 Å². The van der Waals surface area contributed by atoms with Gasteiger partial charge >= 0.3 is 5.97 Å². The predicted molar refractivity (Wildman–Crippen MR) is 116 cm³/mol.